The first-order chi connectivity index (χ1) is 13.7. The van der Waals surface area contributed by atoms with Gasteiger partial charge in [0, 0.05) is 17.4 Å². The van der Waals surface area contributed by atoms with Crippen LogP contribution in [0.3, 0.4) is 0 Å². The highest BCUT2D eigenvalue weighted by atomic mass is 16.5. The molecule has 2 aliphatic rings. The SMILES string of the molecule is COc1cccc(C2C(C#N)=C(N)OC3NNC(c4ccccc4)C32)c1OC. The Kier molecular flexibility index (Phi) is 4.82. The predicted molar refractivity (Wildman–Crippen MR) is 103 cm³/mol. The van der Waals surface area contributed by atoms with E-state index in [-0.39, 0.29) is 30.0 Å². The van der Waals surface area contributed by atoms with Crippen molar-refractivity contribution in [1.29, 1.82) is 5.26 Å². The fourth-order valence-electron chi connectivity index (χ4n) is 4.17. The van der Waals surface area contributed by atoms with Crippen molar-refractivity contribution in [1.82, 2.24) is 10.9 Å². The van der Waals surface area contributed by atoms with Crippen LogP contribution in [-0.2, 0) is 4.74 Å². The number of nitrogens with one attached hydrogen (secondary N) is 2. The van der Waals surface area contributed by atoms with E-state index in [4.69, 9.17) is 19.9 Å². The summed E-state index contributed by atoms with van der Waals surface area (Å²) in [5, 5.41) is 9.88. The van der Waals surface area contributed by atoms with Crippen LogP contribution >= 0.6 is 0 Å². The molecule has 0 radical (unpaired) electrons. The number of para-hydroxylation sites is 1. The molecule has 2 aromatic carbocycles. The minimum atomic E-state index is -0.386. The molecule has 2 heterocycles. The van der Waals surface area contributed by atoms with Gasteiger partial charge in [-0.05, 0) is 11.6 Å². The van der Waals surface area contributed by atoms with Crippen LogP contribution in [0.5, 0.6) is 11.5 Å². The first-order valence-corrected chi connectivity index (χ1v) is 9.02. The number of hydrogen-bond acceptors (Lipinski definition) is 7. The molecule has 0 spiro atoms. The van der Waals surface area contributed by atoms with Crippen molar-refractivity contribution >= 4 is 0 Å². The smallest absolute Gasteiger partial charge is 0.200 e. The molecule has 1 saturated heterocycles. The summed E-state index contributed by atoms with van der Waals surface area (Å²) in [5.74, 6) is 0.873. The fourth-order valence-corrected chi connectivity index (χ4v) is 4.17. The average molecular weight is 378 g/mol. The zero-order chi connectivity index (χ0) is 19.7. The third kappa shape index (κ3) is 2.83. The topological polar surface area (TPSA) is 102 Å². The fraction of sp³-hybridized carbons (Fsp3) is 0.286. The van der Waals surface area contributed by atoms with Gasteiger partial charge >= 0.3 is 0 Å². The Hall–Kier alpha value is -3.21. The highest BCUT2D eigenvalue weighted by Gasteiger charge is 2.50. The van der Waals surface area contributed by atoms with Gasteiger partial charge in [0.15, 0.2) is 17.7 Å². The molecule has 2 aromatic rings. The van der Waals surface area contributed by atoms with Crippen LogP contribution in [0.25, 0.3) is 0 Å². The highest BCUT2D eigenvalue weighted by molar-refractivity contribution is 5.54. The monoisotopic (exact) mass is 378 g/mol. The van der Waals surface area contributed by atoms with E-state index < -0.39 is 0 Å². The lowest BCUT2D eigenvalue weighted by atomic mass is 9.74. The molecule has 144 valence electrons. The Bertz CT molecular complexity index is 938. The second-order valence-corrected chi connectivity index (χ2v) is 6.74. The number of allylic oxidation sites excluding steroid dienone is 1. The van der Waals surface area contributed by atoms with E-state index in [1.54, 1.807) is 14.2 Å². The van der Waals surface area contributed by atoms with Gasteiger partial charge in [-0.3, -0.25) is 0 Å². The summed E-state index contributed by atoms with van der Waals surface area (Å²) in [7, 11) is 3.19. The number of methoxy groups -OCH3 is 2. The summed E-state index contributed by atoms with van der Waals surface area (Å²) >= 11 is 0. The van der Waals surface area contributed by atoms with E-state index in [1.165, 1.54) is 0 Å². The van der Waals surface area contributed by atoms with Gasteiger partial charge < -0.3 is 19.9 Å². The summed E-state index contributed by atoms with van der Waals surface area (Å²) < 4.78 is 17.0. The molecule has 0 amide bonds. The number of nitrogens with zero attached hydrogens (tertiary/aromatic N) is 1. The minimum absolute atomic E-state index is 0.0800. The standard InChI is InChI=1S/C21H22N4O3/c1-26-15-10-6-9-13(19(15)27-2)16-14(11-22)20(23)28-21-17(16)18(24-25-21)12-7-4-3-5-8-12/h3-10,16-18,21,24-25H,23H2,1-2H3. The summed E-state index contributed by atoms with van der Waals surface area (Å²) in [6, 6.07) is 17.9. The molecule has 4 rings (SSSR count). The van der Waals surface area contributed by atoms with E-state index in [9.17, 15) is 5.26 Å². The molecule has 4 atom stereocenters. The van der Waals surface area contributed by atoms with E-state index in [2.05, 4.69) is 29.1 Å². The molecule has 0 bridgehead atoms. The number of benzene rings is 2. The van der Waals surface area contributed by atoms with E-state index in [0.717, 1.165) is 11.1 Å². The molecular formula is C21H22N4O3. The lowest BCUT2D eigenvalue weighted by Gasteiger charge is -2.36. The molecular weight excluding hydrogens is 356 g/mol. The van der Waals surface area contributed by atoms with Crippen molar-refractivity contribution in [3.8, 4) is 17.6 Å². The zero-order valence-corrected chi connectivity index (χ0v) is 15.7. The molecule has 1 fully saturated rings. The molecule has 4 N–H and O–H groups in total. The normalized spacial score (nSPS) is 26.2. The number of hydrazine groups is 1. The first-order valence-electron chi connectivity index (χ1n) is 9.02. The maximum atomic E-state index is 9.88. The number of nitriles is 1. The molecule has 7 nitrogen and oxygen atoms in total. The van der Waals surface area contributed by atoms with Crippen LogP contribution in [0.2, 0.25) is 0 Å². The van der Waals surface area contributed by atoms with Crippen molar-refractivity contribution < 1.29 is 14.2 Å². The maximum Gasteiger partial charge on any atom is 0.200 e. The minimum Gasteiger partial charge on any atom is -0.493 e. The van der Waals surface area contributed by atoms with Gasteiger partial charge in [0.2, 0.25) is 5.88 Å². The van der Waals surface area contributed by atoms with Crippen LogP contribution in [0.4, 0.5) is 0 Å². The van der Waals surface area contributed by atoms with E-state index >= 15 is 0 Å². The molecule has 7 heteroatoms. The molecule has 4 unspecified atom stereocenters. The lowest BCUT2D eigenvalue weighted by Crippen LogP contribution is -2.41. The van der Waals surface area contributed by atoms with Crippen LogP contribution in [-0.4, -0.2) is 20.4 Å². The molecule has 0 aromatic heterocycles. The number of hydrogen-bond donors (Lipinski definition) is 3. The van der Waals surface area contributed by atoms with Crippen LogP contribution in [0.15, 0.2) is 60.0 Å². The van der Waals surface area contributed by atoms with Gasteiger partial charge in [0.1, 0.15) is 6.07 Å². The summed E-state index contributed by atoms with van der Waals surface area (Å²) in [5.41, 5.74) is 14.9. The van der Waals surface area contributed by atoms with Gasteiger partial charge in [0.25, 0.3) is 0 Å². The van der Waals surface area contributed by atoms with E-state index in [1.807, 2.05) is 36.4 Å². The predicted octanol–water partition coefficient (Wildman–Crippen LogP) is 2.30. The number of nitrogens with two attached hydrogens (primary N) is 1. The third-order valence-corrected chi connectivity index (χ3v) is 5.38. The average Bonchev–Trinajstić information content (AvgIpc) is 3.16. The molecule has 0 saturated carbocycles. The second-order valence-electron chi connectivity index (χ2n) is 6.74. The van der Waals surface area contributed by atoms with Crippen LogP contribution < -0.4 is 26.1 Å². The van der Waals surface area contributed by atoms with Crippen molar-refractivity contribution in [2.45, 2.75) is 18.2 Å². The van der Waals surface area contributed by atoms with Gasteiger partial charge in [-0.2, -0.15) is 5.26 Å². The zero-order valence-electron chi connectivity index (χ0n) is 15.7. The van der Waals surface area contributed by atoms with Crippen LogP contribution in [0, 0.1) is 17.2 Å². The number of ether oxygens (including phenoxy) is 3. The summed E-state index contributed by atoms with van der Waals surface area (Å²) in [6.07, 6.45) is -0.386. The van der Waals surface area contributed by atoms with Crippen molar-refractivity contribution in [3.05, 3.63) is 71.1 Å². The quantitative estimate of drug-likeness (QED) is 0.750. The van der Waals surface area contributed by atoms with Gasteiger partial charge in [0.05, 0.1) is 25.8 Å². The maximum absolute atomic E-state index is 9.88. The summed E-state index contributed by atoms with van der Waals surface area (Å²) in [6.45, 7) is 0. The van der Waals surface area contributed by atoms with Gasteiger partial charge in [-0.25, -0.2) is 10.9 Å². The summed E-state index contributed by atoms with van der Waals surface area (Å²) in [4.78, 5) is 0. The van der Waals surface area contributed by atoms with Crippen molar-refractivity contribution in [3.63, 3.8) is 0 Å². The Morgan fingerprint density at radius 3 is 2.50 bits per heavy atom. The van der Waals surface area contributed by atoms with Crippen molar-refractivity contribution in [2.24, 2.45) is 11.7 Å². The van der Waals surface area contributed by atoms with Crippen molar-refractivity contribution in [2.75, 3.05) is 14.2 Å². The van der Waals surface area contributed by atoms with E-state index in [0.29, 0.717) is 17.1 Å². The second kappa shape index (κ2) is 7.43. The van der Waals surface area contributed by atoms with Crippen LogP contribution in [0.1, 0.15) is 23.1 Å². The Labute approximate surface area is 163 Å². The van der Waals surface area contributed by atoms with Gasteiger partial charge in [-0.15, -0.1) is 0 Å². The largest absolute Gasteiger partial charge is 0.493 e. The Balaban J connectivity index is 1.89. The number of fused-ring (bicyclic) bond motifs is 1. The molecule has 2 aliphatic heterocycles. The molecule has 0 aliphatic carbocycles. The Morgan fingerprint density at radius 2 is 1.82 bits per heavy atom. The Morgan fingerprint density at radius 1 is 1.04 bits per heavy atom. The first kappa shape index (κ1) is 18.2. The lowest BCUT2D eigenvalue weighted by molar-refractivity contribution is 0.0337. The highest BCUT2D eigenvalue weighted by Crippen LogP contribution is 2.50. The number of rotatable bonds is 4. The van der Waals surface area contributed by atoms with Gasteiger partial charge in [-0.1, -0.05) is 42.5 Å². The molecule has 28 heavy (non-hydrogen) atoms. The third-order valence-electron chi connectivity index (χ3n) is 5.38.